The normalized spacial score (nSPS) is 11.4. The highest BCUT2D eigenvalue weighted by molar-refractivity contribution is 5.94. The highest BCUT2D eigenvalue weighted by Gasteiger charge is 2.40. The van der Waals surface area contributed by atoms with E-state index in [0.29, 0.717) is 5.56 Å². The molecule has 1 aromatic rings. The van der Waals surface area contributed by atoms with Crippen LogP contribution in [-0.2, 0) is 10.9 Å². The summed E-state index contributed by atoms with van der Waals surface area (Å²) in [5.41, 5.74) is -0.862. The molecule has 0 saturated heterocycles. The number of carbonyl (C=O) groups excluding carboxylic acids is 1. The molecular formula is C13H15F3O3. The van der Waals surface area contributed by atoms with Crippen molar-refractivity contribution in [2.75, 3.05) is 14.2 Å². The number of esters is 1. The first-order chi connectivity index (χ1) is 8.66. The zero-order valence-corrected chi connectivity index (χ0v) is 11.4. The van der Waals surface area contributed by atoms with Gasteiger partial charge in [-0.15, -0.1) is 0 Å². The first-order valence-corrected chi connectivity index (χ1v) is 5.50. The standard InChI is InChI=1S/C13H15F3O3/c1-6-7(2)11(18-4)8(3)10(13(14,15)16)9(6)12(17)19-5/h1-5H3. The van der Waals surface area contributed by atoms with Crippen LogP contribution in [0.3, 0.4) is 0 Å². The van der Waals surface area contributed by atoms with Crippen molar-refractivity contribution in [3.63, 3.8) is 0 Å². The van der Waals surface area contributed by atoms with Gasteiger partial charge >= 0.3 is 12.1 Å². The Balaban J connectivity index is 3.85. The van der Waals surface area contributed by atoms with Gasteiger partial charge < -0.3 is 9.47 Å². The van der Waals surface area contributed by atoms with Gasteiger partial charge in [-0.2, -0.15) is 13.2 Å². The molecule has 0 aromatic heterocycles. The molecule has 3 nitrogen and oxygen atoms in total. The second-order valence-corrected chi connectivity index (χ2v) is 4.15. The number of alkyl halides is 3. The zero-order chi connectivity index (χ0) is 15.0. The molecule has 0 spiro atoms. The molecule has 0 radical (unpaired) electrons. The summed E-state index contributed by atoms with van der Waals surface area (Å²) in [6, 6.07) is 0. The van der Waals surface area contributed by atoms with Crippen LogP contribution >= 0.6 is 0 Å². The molecule has 0 bridgehead atoms. The van der Waals surface area contributed by atoms with Gasteiger partial charge in [0.1, 0.15) is 5.75 Å². The third kappa shape index (κ3) is 2.52. The number of halogens is 3. The Kier molecular flexibility index (Phi) is 4.12. The van der Waals surface area contributed by atoms with Gasteiger partial charge in [-0.1, -0.05) is 0 Å². The summed E-state index contributed by atoms with van der Waals surface area (Å²) in [4.78, 5) is 11.6. The summed E-state index contributed by atoms with van der Waals surface area (Å²) in [6.45, 7) is 4.33. The van der Waals surface area contributed by atoms with Crippen molar-refractivity contribution >= 4 is 5.97 Å². The Morgan fingerprint density at radius 1 is 1.00 bits per heavy atom. The zero-order valence-electron chi connectivity index (χ0n) is 11.4. The van der Waals surface area contributed by atoms with E-state index in [1.807, 2.05) is 0 Å². The molecule has 1 aromatic carbocycles. The van der Waals surface area contributed by atoms with Crippen LogP contribution in [-0.4, -0.2) is 20.2 Å². The fourth-order valence-electron chi connectivity index (χ4n) is 2.15. The Hall–Kier alpha value is -1.72. The molecule has 0 aliphatic heterocycles. The molecule has 6 heteroatoms. The largest absolute Gasteiger partial charge is 0.496 e. The Morgan fingerprint density at radius 2 is 1.53 bits per heavy atom. The van der Waals surface area contributed by atoms with Crippen molar-refractivity contribution in [2.24, 2.45) is 0 Å². The molecule has 0 fully saturated rings. The summed E-state index contributed by atoms with van der Waals surface area (Å²) >= 11 is 0. The number of carbonyl (C=O) groups is 1. The monoisotopic (exact) mass is 276 g/mol. The molecular weight excluding hydrogens is 261 g/mol. The van der Waals surface area contributed by atoms with Gasteiger partial charge in [0.2, 0.25) is 0 Å². The summed E-state index contributed by atoms with van der Waals surface area (Å²) in [5, 5.41) is 0. The SMILES string of the molecule is COC(=O)c1c(C)c(C)c(OC)c(C)c1C(F)(F)F. The maximum absolute atomic E-state index is 13.2. The van der Waals surface area contributed by atoms with Crippen LogP contribution in [0.25, 0.3) is 0 Å². The molecule has 19 heavy (non-hydrogen) atoms. The molecule has 0 aliphatic rings. The van der Waals surface area contributed by atoms with Crippen molar-refractivity contribution in [1.82, 2.24) is 0 Å². The maximum atomic E-state index is 13.2. The molecule has 1 rings (SSSR count). The number of rotatable bonds is 2. The molecule has 0 saturated carbocycles. The van der Waals surface area contributed by atoms with E-state index < -0.39 is 23.3 Å². The summed E-state index contributed by atoms with van der Waals surface area (Å²) in [7, 11) is 2.35. The second kappa shape index (κ2) is 5.11. The average molecular weight is 276 g/mol. The van der Waals surface area contributed by atoms with Gasteiger partial charge in [0.25, 0.3) is 0 Å². The lowest BCUT2D eigenvalue weighted by atomic mass is 9.91. The lowest BCUT2D eigenvalue weighted by Crippen LogP contribution is -2.19. The number of methoxy groups -OCH3 is 2. The summed E-state index contributed by atoms with van der Waals surface area (Å²) in [5.74, 6) is -0.865. The lowest BCUT2D eigenvalue weighted by Gasteiger charge is -2.21. The fourth-order valence-corrected chi connectivity index (χ4v) is 2.15. The van der Waals surface area contributed by atoms with E-state index in [0.717, 1.165) is 7.11 Å². The van der Waals surface area contributed by atoms with E-state index >= 15 is 0 Å². The molecule has 0 heterocycles. The van der Waals surface area contributed by atoms with Crippen molar-refractivity contribution < 1.29 is 27.4 Å². The topological polar surface area (TPSA) is 35.5 Å². The second-order valence-electron chi connectivity index (χ2n) is 4.15. The van der Waals surface area contributed by atoms with Crippen molar-refractivity contribution in [3.8, 4) is 5.75 Å². The quantitative estimate of drug-likeness (QED) is 0.776. The van der Waals surface area contributed by atoms with Crippen LogP contribution in [0.2, 0.25) is 0 Å². The first kappa shape index (κ1) is 15.3. The number of hydrogen-bond acceptors (Lipinski definition) is 3. The van der Waals surface area contributed by atoms with Gasteiger partial charge in [0.15, 0.2) is 0 Å². The van der Waals surface area contributed by atoms with Gasteiger partial charge in [0.05, 0.1) is 25.3 Å². The molecule has 0 atom stereocenters. The van der Waals surface area contributed by atoms with Crippen molar-refractivity contribution in [3.05, 3.63) is 27.8 Å². The van der Waals surface area contributed by atoms with Crippen LogP contribution in [0.5, 0.6) is 5.75 Å². The van der Waals surface area contributed by atoms with Crippen LogP contribution in [0.4, 0.5) is 13.2 Å². The predicted octanol–water partition coefficient (Wildman–Crippen LogP) is 3.43. The van der Waals surface area contributed by atoms with Gasteiger partial charge in [-0.05, 0) is 31.9 Å². The highest BCUT2D eigenvalue weighted by atomic mass is 19.4. The number of ether oxygens (including phenoxy) is 2. The Morgan fingerprint density at radius 3 is 1.89 bits per heavy atom. The van der Waals surface area contributed by atoms with Gasteiger partial charge in [-0.3, -0.25) is 0 Å². The van der Waals surface area contributed by atoms with E-state index in [1.165, 1.54) is 21.0 Å². The van der Waals surface area contributed by atoms with E-state index in [1.54, 1.807) is 6.92 Å². The van der Waals surface area contributed by atoms with Gasteiger partial charge in [-0.25, -0.2) is 4.79 Å². The smallest absolute Gasteiger partial charge is 0.417 e. The predicted molar refractivity (Wildman–Crippen MR) is 63.5 cm³/mol. The molecule has 0 amide bonds. The van der Waals surface area contributed by atoms with E-state index in [-0.39, 0.29) is 16.9 Å². The highest BCUT2D eigenvalue weighted by Crippen LogP contribution is 2.42. The van der Waals surface area contributed by atoms with Crippen molar-refractivity contribution in [1.29, 1.82) is 0 Å². The minimum atomic E-state index is -4.65. The molecule has 0 aliphatic carbocycles. The third-order valence-electron chi connectivity index (χ3n) is 3.12. The minimum Gasteiger partial charge on any atom is -0.496 e. The Bertz CT molecular complexity index is 519. The first-order valence-electron chi connectivity index (χ1n) is 5.50. The van der Waals surface area contributed by atoms with Crippen molar-refractivity contribution in [2.45, 2.75) is 26.9 Å². The van der Waals surface area contributed by atoms with Gasteiger partial charge in [0, 0.05) is 5.56 Å². The Labute approximate surface area is 109 Å². The van der Waals surface area contributed by atoms with Crippen LogP contribution < -0.4 is 4.74 Å². The lowest BCUT2D eigenvalue weighted by molar-refractivity contribution is -0.138. The number of benzene rings is 1. The van der Waals surface area contributed by atoms with E-state index in [9.17, 15) is 18.0 Å². The van der Waals surface area contributed by atoms with Crippen LogP contribution in [0.1, 0.15) is 32.6 Å². The van der Waals surface area contributed by atoms with E-state index in [4.69, 9.17) is 4.74 Å². The molecule has 0 unspecified atom stereocenters. The van der Waals surface area contributed by atoms with Crippen LogP contribution in [0, 0.1) is 20.8 Å². The van der Waals surface area contributed by atoms with Crippen LogP contribution in [0.15, 0.2) is 0 Å². The minimum absolute atomic E-state index is 0.112. The average Bonchev–Trinajstić information content (AvgIpc) is 2.31. The van der Waals surface area contributed by atoms with E-state index in [2.05, 4.69) is 4.74 Å². The summed E-state index contributed by atoms with van der Waals surface area (Å²) < 4.78 is 49.0. The summed E-state index contributed by atoms with van der Waals surface area (Å²) in [6.07, 6.45) is -4.65. The maximum Gasteiger partial charge on any atom is 0.417 e. The third-order valence-corrected chi connectivity index (χ3v) is 3.12. The number of hydrogen-bond donors (Lipinski definition) is 0. The molecule has 106 valence electrons. The molecule has 0 N–H and O–H groups in total. The fraction of sp³-hybridized carbons (Fsp3) is 0.462.